The van der Waals surface area contributed by atoms with Gasteiger partial charge in [0.2, 0.25) is 0 Å². The molecule has 1 aliphatic rings. The first-order valence-electron chi connectivity index (χ1n) is 6.99. The minimum absolute atomic E-state index is 0.0155. The lowest BCUT2D eigenvalue weighted by molar-refractivity contribution is -0.0270. The van der Waals surface area contributed by atoms with E-state index >= 15 is 0 Å². The van der Waals surface area contributed by atoms with Gasteiger partial charge in [0.15, 0.2) is 0 Å². The molecule has 1 N–H and O–H groups in total. The van der Waals surface area contributed by atoms with Crippen LogP contribution in [0.4, 0.5) is 0 Å². The Bertz CT molecular complexity index is 383. The van der Waals surface area contributed by atoms with Crippen LogP contribution in [0.5, 0.6) is 0 Å². The molecule has 18 heavy (non-hydrogen) atoms. The maximum Gasteiger partial charge on any atom is 0.0615 e. The smallest absolute Gasteiger partial charge is 0.0615 e. The van der Waals surface area contributed by atoms with Crippen molar-refractivity contribution in [2.75, 3.05) is 13.1 Å². The van der Waals surface area contributed by atoms with Crippen LogP contribution in [-0.4, -0.2) is 29.2 Å². The molecule has 1 heterocycles. The quantitative estimate of drug-likeness (QED) is 0.888. The minimum atomic E-state index is -0.156. The van der Waals surface area contributed by atoms with E-state index < -0.39 is 0 Å². The van der Waals surface area contributed by atoms with E-state index in [4.69, 9.17) is 0 Å². The predicted octanol–water partition coefficient (Wildman–Crippen LogP) is 2.84. The topological polar surface area (TPSA) is 23.5 Å². The number of aliphatic hydroxyl groups is 1. The SMILES string of the molecule is CCc1ccc(CN2CCC(O)C(C)(C)C2)cc1. The number of piperidine rings is 1. The number of hydrogen-bond donors (Lipinski definition) is 1. The van der Waals surface area contributed by atoms with Gasteiger partial charge in [0, 0.05) is 25.0 Å². The van der Waals surface area contributed by atoms with E-state index in [1.54, 1.807) is 0 Å². The zero-order valence-electron chi connectivity index (χ0n) is 11.8. The van der Waals surface area contributed by atoms with Crippen molar-refractivity contribution in [2.24, 2.45) is 5.41 Å². The largest absolute Gasteiger partial charge is 0.392 e. The van der Waals surface area contributed by atoms with Gasteiger partial charge in [-0.25, -0.2) is 0 Å². The molecule has 2 heteroatoms. The molecular formula is C16H25NO. The van der Waals surface area contributed by atoms with E-state index in [9.17, 15) is 5.11 Å². The first-order valence-corrected chi connectivity index (χ1v) is 6.99. The summed E-state index contributed by atoms with van der Waals surface area (Å²) in [5.74, 6) is 0. The lowest BCUT2D eigenvalue weighted by Gasteiger charge is -2.41. The lowest BCUT2D eigenvalue weighted by Crippen LogP contribution is -2.48. The molecule has 1 aliphatic heterocycles. The normalized spacial score (nSPS) is 24.1. The van der Waals surface area contributed by atoms with Crippen molar-refractivity contribution in [1.82, 2.24) is 4.90 Å². The molecule has 1 atom stereocenters. The van der Waals surface area contributed by atoms with Crippen LogP contribution >= 0.6 is 0 Å². The summed E-state index contributed by atoms with van der Waals surface area (Å²) in [5, 5.41) is 9.96. The van der Waals surface area contributed by atoms with Gasteiger partial charge >= 0.3 is 0 Å². The van der Waals surface area contributed by atoms with Gasteiger partial charge in [-0.05, 0) is 24.0 Å². The molecule has 0 aromatic heterocycles. The monoisotopic (exact) mass is 247 g/mol. The summed E-state index contributed by atoms with van der Waals surface area (Å²) < 4.78 is 0. The summed E-state index contributed by atoms with van der Waals surface area (Å²) in [7, 11) is 0. The summed E-state index contributed by atoms with van der Waals surface area (Å²) >= 11 is 0. The van der Waals surface area contributed by atoms with Gasteiger partial charge in [0.1, 0.15) is 0 Å². The third kappa shape index (κ3) is 3.12. The second-order valence-electron chi connectivity index (χ2n) is 6.17. The Morgan fingerprint density at radius 3 is 2.39 bits per heavy atom. The highest BCUT2D eigenvalue weighted by atomic mass is 16.3. The number of benzene rings is 1. The van der Waals surface area contributed by atoms with Gasteiger partial charge in [0.05, 0.1) is 6.10 Å². The van der Waals surface area contributed by atoms with Crippen molar-refractivity contribution in [1.29, 1.82) is 0 Å². The van der Waals surface area contributed by atoms with Gasteiger partial charge < -0.3 is 5.11 Å². The summed E-state index contributed by atoms with van der Waals surface area (Å²) in [5.41, 5.74) is 2.79. The van der Waals surface area contributed by atoms with Crippen LogP contribution in [0.25, 0.3) is 0 Å². The van der Waals surface area contributed by atoms with Crippen LogP contribution in [0.2, 0.25) is 0 Å². The fourth-order valence-corrected chi connectivity index (χ4v) is 2.73. The summed E-state index contributed by atoms with van der Waals surface area (Å²) in [6.45, 7) is 9.47. The van der Waals surface area contributed by atoms with Crippen LogP contribution in [0.1, 0.15) is 38.3 Å². The van der Waals surface area contributed by atoms with Crippen molar-refractivity contribution in [2.45, 2.75) is 46.3 Å². The Balaban J connectivity index is 1.97. The van der Waals surface area contributed by atoms with E-state index in [1.165, 1.54) is 11.1 Å². The Kier molecular flexibility index (Phi) is 4.08. The van der Waals surface area contributed by atoms with Crippen molar-refractivity contribution >= 4 is 0 Å². The molecule has 0 aliphatic carbocycles. The molecule has 1 aromatic rings. The summed E-state index contributed by atoms with van der Waals surface area (Å²) in [4.78, 5) is 2.45. The van der Waals surface area contributed by atoms with Crippen molar-refractivity contribution in [3.05, 3.63) is 35.4 Å². The number of hydrogen-bond acceptors (Lipinski definition) is 2. The molecule has 1 unspecified atom stereocenters. The Morgan fingerprint density at radius 2 is 1.83 bits per heavy atom. The van der Waals surface area contributed by atoms with Crippen molar-refractivity contribution in [3.8, 4) is 0 Å². The third-order valence-electron chi connectivity index (χ3n) is 4.09. The molecule has 0 amide bonds. The highest BCUT2D eigenvalue weighted by Gasteiger charge is 2.34. The molecule has 0 radical (unpaired) electrons. The molecule has 0 spiro atoms. The fourth-order valence-electron chi connectivity index (χ4n) is 2.73. The molecule has 1 saturated heterocycles. The van der Waals surface area contributed by atoms with E-state index in [2.05, 4.69) is 49.9 Å². The van der Waals surface area contributed by atoms with Gasteiger partial charge in [0.25, 0.3) is 0 Å². The standard InChI is InChI=1S/C16H25NO/c1-4-13-5-7-14(8-6-13)11-17-10-9-15(18)16(2,3)12-17/h5-8,15,18H,4,9-12H2,1-3H3. The van der Waals surface area contributed by atoms with Crippen LogP contribution < -0.4 is 0 Å². The fraction of sp³-hybridized carbons (Fsp3) is 0.625. The average molecular weight is 247 g/mol. The van der Waals surface area contributed by atoms with E-state index in [0.29, 0.717) is 0 Å². The maximum atomic E-state index is 9.96. The molecule has 1 fully saturated rings. The molecule has 2 rings (SSSR count). The highest BCUT2D eigenvalue weighted by molar-refractivity contribution is 5.22. The second-order valence-corrected chi connectivity index (χ2v) is 6.17. The van der Waals surface area contributed by atoms with Crippen LogP contribution in [-0.2, 0) is 13.0 Å². The van der Waals surface area contributed by atoms with Gasteiger partial charge in [-0.3, -0.25) is 4.90 Å². The Hall–Kier alpha value is -0.860. The molecule has 100 valence electrons. The predicted molar refractivity (Wildman–Crippen MR) is 75.5 cm³/mol. The summed E-state index contributed by atoms with van der Waals surface area (Å²) in [6, 6.07) is 8.91. The molecule has 0 saturated carbocycles. The first kappa shape index (κ1) is 13.6. The first-order chi connectivity index (χ1) is 8.51. The third-order valence-corrected chi connectivity index (χ3v) is 4.09. The zero-order chi connectivity index (χ0) is 13.2. The van der Waals surface area contributed by atoms with Crippen molar-refractivity contribution in [3.63, 3.8) is 0 Å². The van der Waals surface area contributed by atoms with Crippen LogP contribution in [0, 0.1) is 5.41 Å². The summed E-state index contributed by atoms with van der Waals surface area (Å²) in [6.07, 6.45) is 1.83. The van der Waals surface area contributed by atoms with Crippen LogP contribution in [0.3, 0.4) is 0 Å². The number of likely N-dealkylation sites (tertiary alicyclic amines) is 1. The maximum absolute atomic E-state index is 9.96. The number of aryl methyl sites for hydroxylation is 1. The van der Waals surface area contributed by atoms with Gasteiger partial charge in [-0.15, -0.1) is 0 Å². The zero-order valence-corrected chi connectivity index (χ0v) is 11.8. The second kappa shape index (κ2) is 5.41. The number of rotatable bonds is 3. The highest BCUT2D eigenvalue weighted by Crippen LogP contribution is 2.29. The molecule has 1 aromatic carbocycles. The van der Waals surface area contributed by atoms with Gasteiger partial charge in [-0.2, -0.15) is 0 Å². The average Bonchev–Trinajstić information content (AvgIpc) is 2.34. The minimum Gasteiger partial charge on any atom is -0.392 e. The lowest BCUT2D eigenvalue weighted by atomic mass is 9.81. The van der Waals surface area contributed by atoms with Crippen molar-refractivity contribution < 1.29 is 5.11 Å². The van der Waals surface area contributed by atoms with E-state index in [1.807, 2.05) is 0 Å². The van der Waals surface area contributed by atoms with Crippen LogP contribution in [0.15, 0.2) is 24.3 Å². The number of nitrogens with zero attached hydrogens (tertiary/aromatic N) is 1. The Morgan fingerprint density at radius 1 is 1.22 bits per heavy atom. The molecule has 2 nitrogen and oxygen atoms in total. The number of aliphatic hydroxyl groups excluding tert-OH is 1. The van der Waals surface area contributed by atoms with E-state index in [-0.39, 0.29) is 11.5 Å². The Labute approximate surface area is 111 Å². The molecular weight excluding hydrogens is 222 g/mol. The molecule has 0 bridgehead atoms. The van der Waals surface area contributed by atoms with E-state index in [0.717, 1.165) is 32.5 Å². The van der Waals surface area contributed by atoms with Gasteiger partial charge in [-0.1, -0.05) is 45.0 Å².